The zero-order chi connectivity index (χ0) is 18.6. The molecule has 8 heteroatoms. The highest BCUT2D eigenvalue weighted by atomic mass is 16.5. The second kappa shape index (κ2) is 8.37. The summed E-state index contributed by atoms with van der Waals surface area (Å²) in [6.45, 7) is 3.67. The van der Waals surface area contributed by atoms with E-state index in [1.165, 1.54) is 19.3 Å². The number of rotatable bonds is 3. The first-order valence-corrected chi connectivity index (χ1v) is 10.3. The summed E-state index contributed by atoms with van der Waals surface area (Å²) >= 11 is 0. The van der Waals surface area contributed by atoms with Crippen molar-refractivity contribution in [3.05, 3.63) is 11.9 Å². The molecule has 0 N–H and O–H groups in total. The van der Waals surface area contributed by atoms with Crippen molar-refractivity contribution in [2.45, 2.75) is 51.0 Å². The van der Waals surface area contributed by atoms with E-state index < -0.39 is 0 Å². The molecule has 0 radical (unpaired) electrons. The molecule has 1 aromatic heterocycles. The lowest BCUT2D eigenvalue weighted by atomic mass is 9.95. The molecule has 2 aliphatic heterocycles. The average Bonchev–Trinajstić information content (AvgIpc) is 3.24. The van der Waals surface area contributed by atoms with Crippen molar-refractivity contribution >= 4 is 11.8 Å². The van der Waals surface area contributed by atoms with Gasteiger partial charge in [0.2, 0.25) is 5.91 Å². The molecule has 1 saturated carbocycles. The van der Waals surface area contributed by atoms with Crippen molar-refractivity contribution in [3.8, 4) is 0 Å². The Bertz CT molecular complexity index is 664. The van der Waals surface area contributed by atoms with Crippen LogP contribution < -0.4 is 0 Å². The highest BCUT2D eigenvalue weighted by Gasteiger charge is 2.33. The van der Waals surface area contributed by atoms with E-state index in [9.17, 15) is 9.59 Å². The minimum atomic E-state index is -0.116. The Morgan fingerprint density at radius 2 is 1.74 bits per heavy atom. The molecule has 3 fully saturated rings. The molecule has 2 amide bonds. The fraction of sp³-hybridized carbons (Fsp3) is 0.789. The molecule has 1 atom stereocenters. The third-order valence-electron chi connectivity index (χ3n) is 6.06. The van der Waals surface area contributed by atoms with E-state index in [4.69, 9.17) is 4.74 Å². The lowest BCUT2D eigenvalue weighted by Crippen LogP contribution is -2.49. The Morgan fingerprint density at radius 1 is 0.963 bits per heavy atom. The van der Waals surface area contributed by atoms with E-state index in [0.717, 1.165) is 25.7 Å². The highest BCUT2D eigenvalue weighted by Crippen LogP contribution is 2.27. The van der Waals surface area contributed by atoms with Crippen molar-refractivity contribution in [2.24, 2.45) is 5.92 Å². The van der Waals surface area contributed by atoms with Gasteiger partial charge in [0.05, 0.1) is 31.4 Å². The van der Waals surface area contributed by atoms with Gasteiger partial charge >= 0.3 is 0 Å². The van der Waals surface area contributed by atoms with Crippen LogP contribution in [-0.2, 0) is 9.53 Å². The molecule has 3 heterocycles. The first-order valence-electron chi connectivity index (χ1n) is 10.3. The molecule has 2 saturated heterocycles. The lowest BCUT2D eigenvalue weighted by Gasteiger charge is -2.35. The van der Waals surface area contributed by atoms with Crippen LogP contribution in [0.1, 0.15) is 61.5 Å². The number of amides is 2. The standard InChI is InChI=1S/C19H29N5O3/c25-18(22-9-11-27-12-10-22)15-5-4-8-23(13-15)19(26)17-14-24(21-20-17)16-6-2-1-3-7-16/h14-16H,1-13H2/t15-/m0/s1. The number of hydrogen-bond acceptors (Lipinski definition) is 5. The molecular formula is C19H29N5O3. The predicted octanol–water partition coefficient (Wildman–Crippen LogP) is 1.49. The molecule has 148 valence electrons. The number of aromatic nitrogens is 3. The molecule has 0 bridgehead atoms. The molecule has 0 aromatic carbocycles. The topological polar surface area (TPSA) is 80.6 Å². The zero-order valence-corrected chi connectivity index (χ0v) is 15.9. The predicted molar refractivity (Wildman–Crippen MR) is 98.2 cm³/mol. The Labute approximate surface area is 159 Å². The van der Waals surface area contributed by atoms with Crippen molar-refractivity contribution in [1.82, 2.24) is 24.8 Å². The number of morpholine rings is 1. The van der Waals surface area contributed by atoms with Gasteiger partial charge in [-0.05, 0) is 25.7 Å². The van der Waals surface area contributed by atoms with Gasteiger partial charge in [-0.1, -0.05) is 24.5 Å². The summed E-state index contributed by atoms with van der Waals surface area (Å²) in [6.07, 6.45) is 9.41. The van der Waals surface area contributed by atoms with Crippen molar-refractivity contribution < 1.29 is 14.3 Å². The molecule has 0 spiro atoms. The van der Waals surface area contributed by atoms with E-state index in [2.05, 4.69) is 10.3 Å². The van der Waals surface area contributed by atoms with Gasteiger partial charge in [0.15, 0.2) is 5.69 Å². The van der Waals surface area contributed by atoms with E-state index in [1.54, 1.807) is 11.1 Å². The monoisotopic (exact) mass is 375 g/mol. The summed E-state index contributed by atoms with van der Waals surface area (Å²) in [5, 5.41) is 8.35. The van der Waals surface area contributed by atoms with Crippen LogP contribution in [0.15, 0.2) is 6.20 Å². The second-order valence-corrected chi connectivity index (χ2v) is 7.90. The van der Waals surface area contributed by atoms with Crippen LogP contribution >= 0.6 is 0 Å². The summed E-state index contributed by atoms with van der Waals surface area (Å²) in [7, 11) is 0. The van der Waals surface area contributed by atoms with Gasteiger partial charge in [-0.15, -0.1) is 5.10 Å². The van der Waals surface area contributed by atoms with Gasteiger partial charge in [0, 0.05) is 26.2 Å². The number of nitrogens with zero attached hydrogens (tertiary/aromatic N) is 5. The van der Waals surface area contributed by atoms with Crippen LogP contribution in [0, 0.1) is 5.92 Å². The van der Waals surface area contributed by atoms with Crippen LogP contribution in [0.3, 0.4) is 0 Å². The molecule has 1 aliphatic carbocycles. The molecule has 8 nitrogen and oxygen atoms in total. The zero-order valence-electron chi connectivity index (χ0n) is 15.9. The highest BCUT2D eigenvalue weighted by molar-refractivity contribution is 5.92. The van der Waals surface area contributed by atoms with Crippen molar-refractivity contribution in [1.29, 1.82) is 0 Å². The summed E-state index contributed by atoms with van der Waals surface area (Å²) in [5.74, 6) is -0.0626. The minimum absolute atomic E-state index is 0.100. The smallest absolute Gasteiger partial charge is 0.276 e. The fourth-order valence-corrected chi connectivity index (χ4v) is 4.47. The molecule has 4 rings (SSSR count). The van der Waals surface area contributed by atoms with E-state index in [-0.39, 0.29) is 17.7 Å². The van der Waals surface area contributed by atoms with Crippen molar-refractivity contribution in [2.75, 3.05) is 39.4 Å². The Kier molecular flexibility index (Phi) is 5.71. The lowest BCUT2D eigenvalue weighted by molar-refractivity contribution is -0.141. The molecule has 3 aliphatic rings. The molecule has 0 unspecified atom stereocenters. The number of carbonyl (C=O) groups excluding carboxylic acids is 2. The first kappa shape index (κ1) is 18.4. The number of hydrogen-bond donors (Lipinski definition) is 0. The summed E-state index contributed by atoms with van der Waals surface area (Å²) in [5.41, 5.74) is 0.403. The third kappa shape index (κ3) is 4.15. The largest absolute Gasteiger partial charge is 0.378 e. The number of ether oxygens (including phenoxy) is 1. The van der Waals surface area contributed by atoms with Gasteiger partial charge in [-0.3, -0.25) is 9.59 Å². The quantitative estimate of drug-likeness (QED) is 0.800. The molecule has 1 aromatic rings. The van der Waals surface area contributed by atoms with Gasteiger partial charge in [-0.2, -0.15) is 0 Å². The van der Waals surface area contributed by atoms with Crippen LogP contribution in [0.5, 0.6) is 0 Å². The fourth-order valence-electron chi connectivity index (χ4n) is 4.47. The van der Waals surface area contributed by atoms with E-state index in [0.29, 0.717) is 51.1 Å². The van der Waals surface area contributed by atoms with Gasteiger partial charge < -0.3 is 14.5 Å². The summed E-state index contributed by atoms with van der Waals surface area (Å²) < 4.78 is 7.20. The van der Waals surface area contributed by atoms with Crippen LogP contribution in [-0.4, -0.2) is 76.0 Å². The Balaban J connectivity index is 1.38. The van der Waals surface area contributed by atoms with Crippen LogP contribution in [0.25, 0.3) is 0 Å². The first-order chi connectivity index (χ1) is 13.2. The summed E-state index contributed by atoms with van der Waals surface area (Å²) in [6, 6.07) is 0.366. The normalized spacial score (nSPS) is 24.8. The van der Waals surface area contributed by atoms with Crippen LogP contribution in [0.4, 0.5) is 0 Å². The van der Waals surface area contributed by atoms with E-state index >= 15 is 0 Å². The Hall–Kier alpha value is -1.96. The maximum absolute atomic E-state index is 12.9. The Morgan fingerprint density at radius 3 is 2.52 bits per heavy atom. The second-order valence-electron chi connectivity index (χ2n) is 7.90. The third-order valence-corrected chi connectivity index (χ3v) is 6.06. The molecule has 27 heavy (non-hydrogen) atoms. The van der Waals surface area contributed by atoms with Gasteiger partial charge in [-0.25, -0.2) is 4.68 Å². The maximum Gasteiger partial charge on any atom is 0.276 e. The van der Waals surface area contributed by atoms with Gasteiger partial charge in [0.25, 0.3) is 5.91 Å². The number of piperidine rings is 1. The molecular weight excluding hydrogens is 346 g/mol. The van der Waals surface area contributed by atoms with Crippen molar-refractivity contribution in [3.63, 3.8) is 0 Å². The average molecular weight is 375 g/mol. The number of carbonyl (C=O) groups is 2. The minimum Gasteiger partial charge on any atom is -0.378 e. The van der Waals surface area contributed by atoms with E-state index in [1.807, 2.05) is 9.58 Å². The maximum atomic E-state index is 12.9. The van der Waals surface area contributed by atoms with Crippen LogP contribution in [0.2, 0.25) is 0 Å². The summed E-state index contributed by atoms with van der Waals surface area (Å²) in [4.78, 5) is 29.3. The van der Waals surface area contributed by atoms with Gasteiger partial charge in [0.1, 0.15) is 0 Å². The SMILES string of the molecule is O=C(c1cn(C2CCCCC2)nn1)N1CCC[C@H](C(=O)N2CCOCC2)C1. The number of likely N-dealkylation sites (tertiary alicyclic amines) is 1.